The molecular weight excluding hydrogens is 1100 g/mol. The molecule has 1 heterocycles. The second kappa shape index (κ2) is 63.0. The molecule has 8 atom stereocenters. The van der Waals surface area contributed by atoms with Crippen molar-refractivity contribution in [2.24, 2.45) is 0 Å². The second-order valence-electron chi connectivity index (χ2n) is 23.9. The van der Waals surface area contributed by atoms with Crippen LogP contribution in [0.2, 0.25) is 0 Å². The number of rotatable bonds is 59. The van der Waals surface area contributed by atoms with E-state index in [0.717, 1.165) is 161 Å². The molecule has 11 heteroatoms. The van der Waals surface area contributed by atoms with Crippen molar-refractivity contribution in [1.82, 2.24) is 5.32 Å². The van der Waals surface area contributed by atoms with Crippen molar-refractivity contribution >= 4 is 11.9 Å². The monoisotopic (exact) mass is 1230 g/mol. The fourth-order valence-electron chi connectivity index (χ4n) is 10.2. The first kappa shape index (κ1) is 81.8. The Morgan fingerprint density at radius 2 is 0.818 bits per heavy atom. The Bertz CT molecular complexity index is 1950. The lowest BCUT2D eigenvalue weighted by molar-refractivity contribution is -0.305. The first-order valence-corrected chi connectivity index (χ1v) is 35.5. The molecule has 1 saturated heterocycles. The molecule has 88 heavy (non-hydrogen) atoms. The molecular formula is C77H129NO10. The zero-order chi connectivity index (χ0) is 63.9. The third-order valence-corrected chi connectivity index (χ3v) is 15.8. The summed E-state index contributed by atoms with van der Waals surface area (Å²) in [5.74, 6) is -1.23. The third-order valence-electron chi connectivity index (χ3n) is 15.8. The number of aliphatic hydroxyl groups excluding tert-OH is 5. The van der Waals surface area contributed by atoms with Crippen molar-refractivity contribution in [2.45, 2.75) is 327 Å². The van der Waals surface area contributed by atoms with Crippen molar-refractivity contribution in [3.05, 3.63) is 134 Å². The van der Waals surface area contributed by atoms with E-state index in [1.54, 1.807) is 6.08 Å². The molecule has 8 unspecified atom stereocenters. The highest BCUT2D eigenvalue weighted by molar-refractivity contribution is 5.80. The van der Waals surface area contributed by atoms with Gasteiger partial charge in [0.2, 0.25) is 5.91 Å². The normalized spacial score (nSPS) is 19.0. The Morgan fingerprint density at radius 1 is 0.455 bits per heavy atom. The number of allylic oxidation sites excluding steroid dienone is 21. The van der Waals surface area contributed by atoms with E-state index in [4.69, 9.17) is 14.2 Å². The molecule has 502 valence electrons. The van der Waals surface area contributed by atoms with Crippen LogP contribution in [0.5, 0.6) is 0 Å². The number of amides is 1. The summed E-state index contributed by atoms with van der Waals surface area (Å²) >= 11 is 0. The lowest BCUT2D eigenvalue weighted by Gasteiger charge is -2.41. The molecule has 1 amide bonds. The zero-order valence-corrected chi connectivity index (χ0v) is 55.8. The van der Waals surface area contributed by atoms with Gasteiger partial charge in [0.25, 0.3) is 0 Å². The van der Waals surface area contributed by atoms with Crippen LogP contribution >= 0.6 is 0 Å². The van der Waals surface area contributed by atoms with E-state index in [1.807, 2.05) is 6.08 Å². The molecule has 1 aliphatic heterocycles. The summed E-state index contributed by atoms with van der Waals surface area (Å²) < 4.78 is 17.7. The SMILES string of the molecule is CC/C=C\C/C=C\C/C=C\C/C=C\C/C=C\C/C=C\CCCCCCCCC(=O)OC1C(OCC(NC(=O)C(O)CCCCCCCC/C=C\C/C=C\C/C=C\C/C=C\CCCCC)C(O)/C=C/CCCCCCCCCCCC)OC(CO)C(O)C1O. The number of aliphatic hydroxyl groups is 5. The maximum absolute atomic E-state index is 13.5. The predicted octanol–water partition coefficient (Wildman–Crippen LogP) is 18.3. The first-order valence-electron chi connectivity index (χ1n) is 35.5. The van der Waals surface area contributed by atoms with Crippen LogP contribution in [0.1, 0.15) is 278 Å². The molecule has 0 saturated carbocycles. The summed E-state index contributed by atoms with van der Waals surface area (Å²) in [5.41, 5.74) is 0. The van der Waals surface area contributed by atoms with Gasteiger partial charge in [0, 0.05) is 6.42 Å². The lowest BCUT2D eigenvalue weighted by atomic mass is 9.99. The maximum atomic E-state index is 13.5. The smallest absolute Gasteiger partial charge is 0.306 e. The molecule has 0 aromatic heterocycles. The van der Waals surface area contributed by atoms with Crippen molar-refractivity contribution in [3.63, 3.8) is 0 Å². The number of carbonyl (C=O) groups is 2. The predicted molar refractivity (Wildman–Crippen MR) is 370 cm³/mol. The van der Waals surface area contributed by atoms with Gasteiger partial charge in [0.15, 0.2) is 12.4 Å². The maximum Gasteiger partial charge on any atom is 0.306 e. The number of esters is 1. The van der Waals surface area contributed by atoms with Gasteiger partial charge in [-0.1, -0.05) is 283 Å². The standard InChI is InChI=1S/C77H129NO10/c1-4-7-10-13-16-19-22-25-27-29-31-33-35-36-37-39-41-43-45-47-50-53-56-59-62-65-72(82)88-75-74(84)73(83)71(66-79)87-77(75)86-67-68(69(80)63-60-57-54-51-48-24-21-18-15-12-9-6-3)78-76(85)70(81)64-61-58-55-52-49-46-44-42-40-38-34-32-30-28-26-23-20-17-14-11-8-5-2/h7,10,16-17,19-20,25-28,31-34,36-37,40-43,60,63,68-71,73-75,77,79-81,83-84H,4-6,8-9,11-15,18,21-24,29-30,35,38-39,44-59,61-62,64-67H2,1-3H3,(H,78,85)/b10-7-,19-16-,20-17-,27-25-,28-26-,33-31-,34-32-,37-36-,42-40-,43-41-,63-60+. The summed E-state index contributed by atoms with van der Waals surface area (Å²) in [5, 5.41) is 57.2. The van der Waals surface area contributed by atoms with Gasteiger partial charge in [-0.15, -0.1) is 0 Å². The number of carbonyl (C=O) groups excluding carboxylic acids is 2. The van der Waals surface area contributed by atoms with Gasteiger partial charge in [0.1, 0.15) is 24.4 Å². The average Bonchev–Trinajstić information content (AvgIpc) is 2.54. The van der Waals surface area contributed by atoms with Gasteiger partial charge in [0.05, 0.1) is 25.4 Å². The van der Waals surface area contributed by atoms with E-state index in [2.05, 4.69) is 148 Å². The Kier molecular flexibility index (Phi) is 58.5. The molecule has 0 radical (unpaired) electrons. The van der Waals surface area contributed by atoms with Gasteiger partial charge in [-0.3, -0.25) is 9.59 Å². The molecule has 1 fully saturated rings. The van der Waals surface area contributed by atoms with Crippen molar-refractivity contribution in [2.75, 3.05) is 13.2 Å². The highest BCUT2D eigenvalue weighted by atomic mass is 16.7. The van der Waals surface area contributed by atoms with E-state index in [0.29, 0.717) is 12.8 Å². The van der Waals surface area contributed by atoms with Gasteiger partial charge >= 0.3 is 5.97 Å². The Labute approximate surface area is 537 Å². The minimum absolute atomic E-state index is 0.0971. The van der Waals surface area contributed by atoms with E-state index >= 15 is 0 Å². The minimum atomic E-state index is -1.63. The van der Waals surface area contributed by atoms with Crippen LogP contribution < -0.4 is 5.32 Å². The Hall–Kier alpha value is -4.20. The summed E-state index contributed by atoms with van der Waals surface area (Å²) in [4.78, 5) is 26.7. The topological polar surface area (TPSA) is 175 Å². The van der Waals surface area contributed by atoms with Crippen molar-refractivity contribution in [3.8, 4) is 0 Å². The van der Waals surface area contributed by atoms with E-state index < -0.39 is 67.4 Å². The molecule has 0 aromatic carbocycles. The first-order chi connectivity index (χ1) is 43.2. The van der Waals surface area contributed by atoms with E-state index in [9.17, 15) is 35.1 Å². The third kappa shape index (κ3) is 49.6. The van der Waals surface area contributed by atoms with Crippen molar-refractivity contribution < 1.29 is 49.3 Å². The molecule has 0 aliphatic carbocycles. The quantitative estimate of drug-likeness (QED) is 0.0195. The molecule has 1 aliphatic rings. The van der Waals surface area contributed by atoms with Gasteiger partial charge in [-0.2, -0.15) is 0 Å². The summed E-state index contributed by atoms with van der Waals surface area (Å²) in [6.07, 6.45) is 79.0. The van der Waals surface area contributed by atoms with Crippen LogP contribution in [0.15, 0.2) is 134 Å². The van der Waals surface area contributed by atoms with Crippen molar-refractivity contribution in [1.29, 1.82) is 0 Å². The van der Waals surface area contributed by atoms with Gasteiger partial charge in [-0.05, 0) is 122 Å². The summed E-state index contributed by atoms with van der Waals surface area (Å²) in [7, 11) is 0. The number of hydrogen-bond donors (Lipinski definition) is 6. The van der Waals surface area contributed by atoms with Gasteiger partial charge in [-0.25, -0.2) is 0 Å². The van der Waals surface area contributed by atoms with E-state index in [-0.39, 0.29) is 19.4 Å². The lowest BCUT2D eigenvalue weighted by Crippen LogP contribution is -2.61. The molecule has 0 bridgehead atoms. The fraction of sp³-hybridized carbons (Fsp3) is 0.688. The van der Waals surface area contributed by atoms with Crippen LogP contribution in [-0.2, 0) is 23.8 Å². The summed E-state index contributed by atoms with van der Waals surface area (Å²) in [6, 6.07) is -1.04. The van der Waals surface area contributed by atoms with Crippen LogP contribution in [0.3, 0.4) is 0 Å². The molecule has 11 nitrogen and oxygen atoms in total. The number of hydrogen-bond acceptors (Lipinski definition) is 10. The number of nitrogens with one attached hydrogen (secondary N) is 1. The molecule has 1 rings (SSSR count). The van der Waals surface area contributed by atoms with Crippen LogP contribution in [-0.4, -0.2) is 99.6 Å². The Balaban J connectivity index is 2.62. The molecule has 6 N–H and O–H groups in total. The summed E-state index contributed by atoms with van der Waals surface area (Å²) in [6.45, 7) is 5.64. The van der Waals surface area contributed by atoms with E-state index in [1.165, 1.54) is 70.6 Å². The van der Waals surface area contributed by atoms with Crippen LogP contribution in [0, 0.1) is 0 Å². The highest BCUT2D eigenvalue weighted by Crippen LogP contribution is 2.26. The van der Waals surface area contributed by atoms with Crippen LogP contribution in [0.25, 0.3) is 0 Å². The number of unbranched alkanes of at least 4 members (excludes halogenated alkanes) is 25. The largest absolute Gasteiger partial charge is 0.454 e. The molecule has 0 aromatic rings. The Morgan fingerprint density at radius 3 is 1.25 bits per heavy atom. The highest BCUT2D eigenvalue weighted by Gasteiger charge is 2.47. The minimum Gasteiger partial charge on any atom is -0.454 e. The molecule has 0 spiro atoms. The number of ether oxygens (including phenoxy) is 3. The average molecular weight is 1230 g/mol. The van der Waals surface area contributed by atoms with Crippen LogP contribution in [0.4, 0.5) is 0 Å². The zero-order valence-electron chi connectivity index (χ0n) is 55.8. The second-order valence-corrected chi connectivity index (χ2v) is 23.9. The fourth-order valence-corrected chi connectivity index (χ4v) is 10.2. The van der Waals surface area contributed by atoms with Gasteiger partial charge < -0.3 is 45.1 Å².